The van der Waals surface area contributed by atoms with Crippen LogP contribution in [0.4, 0.5) is 10.3 Å². The van der Waals surface area contributed by atoms with E-state index in [0.29, 0.717) is 0 Å². The first-order valence-corrected chi connectivity index (χ1v) is 6.70. The fraction of sp³-hybridized carbons (Fsp3) is 0.583. The molecule has 10 heteroatoms. The first kappa shape index (κ1) is 14.9. The van der Waals surface area contributed by atoms with Crippen molar-refractivity contribution in [2.75, 3.05) is 19.5 Å². The molecular weight excluding hydrogens is 297 g/mol. The first-order chi connectivity index (χ1) is 10.6. The molecule has 1 aliphatic heterocycles. The lowest BCUT2D eigenvalue weighted by Gasteiger charge is -2.12. The number of ether oxygens (including phenoxy) is 2. The zero-order chi connectivity index (χ0) is 15.9. The molecule has 0 aromatic carbocycles. The number of rotatable bonds is 4. The Bertz CT molecular complexity index is 681. The normalized spacial score (nSPS) is 28.4. The van der Waals surface area contributed by atoms with Crippen LogP contribution in [0, 0.1) is 0 Å². The van der Waals surface area contributed by atoms with Crippen LogP contribution < -0.4 is 10.5 Å². The zero-order valence-corrected chi connectivity index (χ0v) is 11.8. The van der Waals surface area contributed by atoms with Crippen molar-refractivity contribution in [3.8, 4) is 5.88 Å². The van der Waals surface area contributed by atoms with Crippen molar-refractivity contribution >= 4 is 11.6 Å². The van der Waals surface area contributed by atoms with E-state index in [4.69, 9.17) is 20.3 Å². The maximum Gasteiger partial charge on any atom is 0.262 e. The summed E-state index contributed by atoms with van der Waals surface area (Å²) in [6, 6.07) is 0. The average molecular weight is 313 g/mol. The molecule has 0 amide bonds. The van der Waals surface area contributed by atoms with Gasteiger partial charge in [-0.1, -0.05) is 0 Å². The predicted octanol–water partition coefficient (Wildman–Crippen LogP) is -0.764. The van der Waals surface area contributed by atoms with Crippen LogP contribution in [-0.4, -0.2) is 61.9 Å². The largest absolute Gasteiger partial charge is 0.478 e. The molecule has 0 bridgehead atoms. The summed E-state index contributed by atoms with van der Waals surface area (Å²) in [4.78, 5) is 7.97. The van der Waals surface area contributed by atoms with Gasteiger partial charge < -0.3 is 25.4 Å². The highest BCUT2D eigenvalue weighted by Gasteiger charge is 2.46. The van der Waals surface area contributed by atoms with Crippen LogP contribution in [0.2, 0.25) is 0 Å². The molecule has 3 rings (SSSR count). The second kappa shape index (κ2) is 5.63. The molecule has 0 radical (unpaired) electrons. The van der Waals surface area contributed by atoms with Gasteiger partial charge in [0, 0.05) is 6.61 Å². The van der Waals surface area contributed by atoms with E-state index in [2.05, 4.69) is 15.1 Å². The summed E-state index contributed by atoms with van der Waals surface area (Å²) in [6.07, 6.45) is -3.36. The number of nitrogens with zero attached hydrogens (tertiary/aromatic N) is 4. The SMILES string of the molecule is COc1nc(N)nn2c([C@@H]3O[C@H](CCO)[C@@H](O)[C@H]3F)cnc12. The van der Waals surface area contributed by atoms with Gasteiger partial charge in [-0.05, 0) is 6.42 Å². The number of hydrogen-bond acceptors (Lipinski definition) is 8. The highest BCUT2D eigenvalue weighted by molar-refractivity contribution is 5.51. The number of aliphatic hydroxyl groups is 2. The van der Waals surface area contributed by atoms with Gasteiger partial charge in [0.2, 0.25) is 11.6 Å². The van der Waals surface area contributed by atoms with Crippen LogP contribution in [-0.2, 0) is 4.74 Å². The minimum atomic E-state index is -1.67. The van der Waals surface area contributed by atoms with Crippen molar-refractivity contribution in [3.63, 3.8) is 0 Å². The minimum Gasteiger partial charge on any atom is -0.478 e. The van der Waals surface area contributed by atoms with Crippen LogP contribution in [0.1, 0.15) is 18.2 Å². The molecule has 120 valence electrons. The number of anilines is 1. The summed E-state index contributed by atoms with van der Waals surface area (Å²) >= 11 is 0. The minimum absolute atomic E-state index is 0.0653. The van der Waals surface area contributed by atoms with Gasteiger partial charge in [-0.3, -0.25) is 0 Å². The van der Waals surface area contributed by atoms with E-state index < -0.39 is 24.5 Å². The highest BCUT2D eigenvalue weighted by Crippen LogP contribution is 2.37. The Balaban J connectivity index is 2.02. The van der Waals surface area contributed by atoms with Crippen molar-refractivity contribution in [1.82, 2.24) is 19.6 Å². The van der Waals surface area contributed by atoms with Gasteiger partial charge in [0.25, 0.3) is 5.88 Å². The topological polar surface area (TPSA) is 128 Å². The van der Waals surface area contributed by atoms with E-state index in [1.165, 1.54) is 17.8 Å². The molecule has 0 unspecified atom stereocenters. The lowest BCUT2D eigenvalue weighted by molar-refractivity contribution is -0.00589. The van der Waals surface area contributed by atoms with E-state index >= 15 is 0 Å². The van der Waals surface area contributed by atoms with E-state index in [-0.39, 0.29) is 36.2 Å². The van der Waals surface area contributed by atoms with Crippen LogP contribution in [0.5, 0.6) is 5.88 Å². The van der Waals surface area contributed by atoms with Crippen molar-refractivity contribution in [1.29, 1.82) is 0 Å². The smallest absolute Gasteiger partial charge is 0.262 e. The van der Waals surface area contributed by atoms with Crippen LogP contribution in [0.25, 0.3) is 5.65 Å². The van der Waals surface area contributed by atoms with Crippen molar-refractivity contribution < 1.29 is 24.1 Å². The molecule has 1 fully saturated rings. The van der Waals surface area contributed by atoms with E-state index in [9.17, 15) is 9.50 Å². The molecule has 4 atom stereocenters. The molecular formula is C12H16FN5O4. The second-order valence-corrected chi connectivity index (χ2v) is 4.94. The third-order valence-corrected chi connectivity index (χ3v) is 3.59. The van der Waals surface area contributed by atoms with Crippen LogP contribution >= 0.6 is 0 Å². The number of fused-ring (bicyclic) bond motifs is 1. The Morgan fingerprint density at radius 3 is 3.00 bits per heavy atom. The Morgan fingerprint density at radius 2 is 2.32 bits per heavy atom. The first-order valence-electron chi connectivity index (χ1n) is 6.70. The highest BCUT2D eigenvalue weighted by atomic mass is 19.1. The van der Waals surface area contributed by atoms with Gasteiger partial charge >= 0.3 is 0 Å². The molecule has 3 heterocycles. The molecule has 2 aromatic rings. The number of halogens is 1. The third-order valence-electron chi connectivity index (χ3n) is 3.59. The van der Waals surface area contributed by atoms with Crippen molar-refractivity contribution in [2.45, 2.75) is 30.9 Å². The van der Waals surface area contributed by atoms with E-state index in [0.717, 1.165) is 0 Å². The number of imidazole rings is 1. The van der Waals surface area contributed by atoms with Gasteiger partial charge in [-0.2, -0.15) is 4.98 Å². The number of hydrogen-bond donors (Lipinski definition) is 3. The fourth-order valence-corrected chi connectivity index (χ4v) is 2.55. The quantitative estimate of drug-likeness (QED) is 0.672. The summed E-state index contributed by atoms with van der Waals surface area (Å²) in [6.45, 7) is -0.211. The van der Waals surface area contributed by atoms with Crippen LogP contribution in [0.15, 0.2) is 6.20 Å². The lowest BCUT2D eigenvalue weighted by Crippen LogP contribution is -2.28. The average Bonchev–Trinajstić information content (AvgIpc) is 3.03. The monoisotopic (exact) mass is 313 g/mol. The Morgan fingerprint density at radius 1 is 1.55 bits per heavy atom. The van der Waals surface area contributed by atoms with Crippen LogP contribution in [0.3, 0.4) is 0 Å². The Hall–Kier alpha value is -2.04. The van der Waals surface area contributed by atoms with E-state index in [1.54, 1.807) is 0 Å². The number of nitrogen functional groups attached to an aromatic ring is 1. The molecule has 2 aromatic heterocycles. The molecule has 4 N–H and O–H groups in total. The maximum absolute atomic E-state index is 14.3. The lowest BCUT2D eigenvalue weighted by atomic mass is 10.1. The standard InChI is InChI=1S/C12H16FN5O4/c1-21-11-10-15-4-5(18(10)17-12(14)16-11)9-7(13)8(20)6(22-9)2-3-19/h4,6-9,19-20H,2-3H2,1H3,(H2,14,17)/t6-,7-,8-,9+/m1/s1. The Labute approximate surface area is 124 Å². The molecule has 0 spiro atoms. The van der Waals surface area contributed by atoms with Crippen molar-refractivity contribution in [3.05, 3.63) is 11.9 Å². The number of aromatic nitrogens is 4. The summed E-state index contributed by atoms with van der Waals surface area (Å²) in [5, 5.41) is 22.8. The summed E-state index contributed by atoms with van der Waals surface area (Å²) in [5.41, 5.74) is 6.15. The molecule has 1 saturated heterocycles. The molecule has 0 saturated carbocycles. The number of alkyl halides is 1. The van der Waals surface area contributed by atoms with Gasteiger partial charge in [0.1, 0.15) is 12.2 Å². The summed E-state index contributed by atoms with van der Waals surface area (Å²) < 4.78 is 26.2. The number of aliphatic hydroxyl groups excluding tert-OH is 2. The van der Waals surface area contributed by atoms with Crippen molar-refractivity contribution in [2.24, 2.45) is 0 Å². The third kappa shape index (κ3) is 2.25. The van der Waals surface area contributed by atoms with Gasteiger partial charge in [-0.25, -0.2) is 13.9 Å². The fourth-order valence-electron chi connectivity index (χ4n) is 2.55. The van der Waals surface area contributed by atoms with E-state index in [1.807, 2.05) is 0 Å². The predicted molar refractivity (Wildman–Crippen MR) is 72.0 cm³/mol. The summed E-state index contributed by atoms with van der Waals surface area (Å²) in [5.74, 6) is 0.0871. The summed E-state index contributed by atoms with van der Waals surface area (Å²) in [7, 11) is 1.40. The number of nitrogens with two attached hydrogens (primary N) is 1. The second-order valence-electron chi connectivity index (χ2n) is 4.94. The molecule has 1 aliphatic rings. The Kier molecular flexibility index (Phi) is 3.81. The van der Waals surface area contributed by atoms with Gasteiger partial charge in [-0.15, -0.1) is 5.10 Å². The van der Waals surface area contributed by atoms with Gasteiger partial charge in [0.15, 0.2) is 6.17 Å². The van der Waals surface area contributed by atoms with Gasteiger partial charge in [0.05, 0.1) is 25.1 Å². The zero-order valence-electron chi connectivity index (χ0n) is 11.8. The maximum atomic E-state index is 14.3. The number of methoxy groups -OCH3 is 1. The molecule has 0 aliphatic carbocycles. The molecule has 22 heavy (non-hydrogen) atoms. The molecule has 9 nitrogen and oxygen atoms in total.